The number of hydrogen-bond acceptors (Lipinski definition) is 4. The van der Waals surface area contributed by atoms with Crippen molar-refractivity contribution in [1.82, 2.24) is 14.5 Å². The van der Waals surface area contributed by atoms with Gasteiger partial charge in [0, 0.05) is 26.7 Å². The molecule has 0 saturated carbocycles. The van der Waals surface area contributed by atoms with Gasteiger partial charge in [0.2, 0.25) is 0 Å². The fraction of sp³-hybridized carbons (Fsp3) is 0.519. The zero-order valence-electron chi connectivity index (χ0n) is 20.0. The molecule has 2 aliphatic rings. The highest BCUT2D eigenvalue weighted by Gasteiger charge is 2.37. The number of piperidine rings is 1. The number of likely N-dealkylation sites (tertiary alicyclic amines) is 1. The number of hydrogen-bond donors (Lipinski definition) is 1. The Morgan fingerprint density at radius 2 is 1.94 bits per heavy atom. The standard InChI is InChI=1S/C27H34FN3O2/c1-17-5-8-23-22(11-17)29-26(27(2,3)32)31(23)24-9-10-30(16-25(24)33-4)15-18-12-19-6-7-21(28)14-20(19)13-18/h5-8,11,14,18,24-25,32H,9-10,12-13,15-16H2,1-4H3/t18-,24-,25+/m1/s1. The molecule has 2 aromatic carbocycles. The number of methoxy groups -OCH3 is 1. The largest absolute Gasteiger partial charge is 0.383 e. The molecule has 2 heterocycles. The number of halogens is 1. The lowest BCUT2D eigenvalue weighted by molar-refractivity contribution is -0.0152. The van der Waals surface area contributed by atoms with Crippen molar-refractivity contribution in [2.45, 2.75) is 57.8 Å². The lowest BCUT2D eigenvalue weighted by atomic mass is 9.97. The molecule has 176 valence electrons. The molecule has 6 heteroatoms. The van der Waals surface area contributed by atoms with Crippen LogP contribution in [0.25, 0.3) is 11.0 Å². The minimum Gasteiger partial charge on any atom is -0.383 e. The zero-order valence-corrected chi connectivity index (χ0v) is 20.0. The van der Waals surface area contributed by atoms with Crippen molar-refractivity contribution >= 4 is 11.0 Å². The van der Waals surface area contributed by atoms with Crippen LogP contribution >= 0.6 is 0 Å². The molecule has 5 nitrogen and oxygen atoms in total. The summed E-state index contributed by atoms with van der Waals surface area (Å²) >= 11 is 0. The molecule has 0 radical (unpaired) electrons. The van der Waals surface area contributed by atoms with Crippen molar-refractivity contribution in [3.05, 3.63) is 64.7 Å². The smallest absolute Gasteiger partial charge is 0.141 e. The average Bonchev–Trinajstić information content (AvgIpc) is 3.33. The van der Waals surface area contributed by atoms with E-state index in [0.717, 1.165) is 61.1 Å². The van der Waals surface area contributed by atoms with Crippen molar-refractivity contribution in [1.29, 1.82) is 0 Å². The molecule has 0 spiro atoms. The zero-order chi connectivity index (χ0) is 23.3. The molecule has 3 aromatic rings. The summed E-state index contributed by atoms with van der Waals surface area (Å²) in [7, 11) is 1.78. The van der Waals surface area contributed by atoms with E-state index in [1.54, 1.807) is 33.1 Å². The normalized spacial score (nSPS) is 23.9. The predicted molar refractivity (Wildman–Crippen MR) is 128 cm³/mol. The maximum Gasteiger partial charge on any atom is 0.141 e. The van der Waals surface area contributed by atoms with E-state index in [9.17, 15) is 9.50 Å². The monoisotopic (exact) mass is 451 g/mol. The van der Waals surface area contributed by atoms with E-state index in [-0.39, 0.29) is 18.0 Å². The summed E-state index contributed by atoms with van der Waals surface area (Å²) in [6.45, 7) is 8.45. The quantitative estimate of drug-likeness (QED) is 0.625. The third-order valence-corrected chi connectivity index (χ3v) is 7.34. The molecule has 1 aliphatic heterocycles. The summed E-state index contributed by atoms with van der Waals surface area (Å²) in [5, 5.41) is 10.9. The Bertz CT molecular complexity index is 1170. The van der Waals surface area contributed by atoms with Crippen LogP contribution in [-0.2, 0) is 23.2 Å². The summed E-state index contributed by atoms with van der Waals surface area (Å²) in [5.74, 6) is 1.07. The van der Waals surface area contributed by atoms with E-state index in [2.05, 4.69) is 34.6 Å². The SMILES string of the molecule is CO[C@H]1CN(C[C@@H]2Cc3ccc(F)cc3C2)CC[C@H]1n1c(C(C)(C)O)nc2cc(C)ccc21. The van der Waals surface area contributed by atoms with Crippen molar-refractivity contribution in [2.75, 3.05) is 26.7 Å². The van der Waals surface area contributed by atoms with Crippen LogP contribution in [0.3, 0.4) is 0 Å². The second kappa shape index (κ2) is 8.49. The molecule has 0 unspecified atom stereocenters. The first kappa shape index (κ1) is 22.5. The summed E-state index contributed by atoms with van der Waals surface area (Å²) in [4.78, 5) is 7.32. The van der Waals surface area contributed by atoms with Gasteiger partial charge in [0.1, 0.15) is 17.2 Å². The molecule has 0 bridgehead atoms. The van der Waals surface area contributed by atoms with Gasteiger partial charge < -0.3 is 19.3 Å². The summed E-state index contributed by atoms with van der Waals surface area (Å²) in [6, 6.07) is 11.6. The van der Waals surface area contributed by atoms with Crippen LogP contribution in [0.4, 0.5) is 4.39 Å². The fourth-order valence-electron chi connectivity index (χ4n) is 5.81. The van der Waals surface area contributed by atoms with Gasteiger partial charge >= 0.3 is 0 Å². The Kier molecular flexibility index (Phi) is 5.79. The highest BCUT2D eigenvalue weighted by atomic mass is 19.1. The first-order valence-electron chi connectivity index (χ1n) is 12.0. The lowest BCUT2D eigenvalue weighted by Crippen LogP contribution is -2.47. The van der Waals surface area contributed by atoms with E-state index in [1.165, 1.54) is 5.56 Å². The molecular weight excluding hydrogens is 417 g/mol. The Hall–Kier alpha value is -2.28. The molecular formula is C27H34FN3O2. The first-order chi connectivity index (χ1) is 15.7. The first-order valence-corrected chi connectivity index (χ1v) is 12.0. The number of imidazole rings is 1. The van der Waals surface area contributed by atoms with E-state index < -0.39 is 5.60 Å². The van der Waals surface area contributed by atoms with E-state index >= 15 is 0 Å². The van der Waals surface area contributed by atoms with Gasteiger partial charge in [-0.2, -0.15) is 0 Å². The predicted octanol–water partition coefficient (Wildman–Crippen LogP) is 4.39. The van der Waals surface area contributed by atoms with Crippen LogP contribution in [0.15, 0.2) is 36.4 Å². The van der Waals surface area contributed by atoms with E-state index in [0.29, 0.717) is 11.7 Å². The number of rotatable bonds is 5. The van der Waals surface area contributed by atoms with Crippen LogP contribution in [0, 0.1) is 18.7 Å². The van der Waals surface area contributed by atoms with Gasteiger partial charge in [-0.25, -0.2) is 9.37 Å². The fourth-order valence-corrected chi connectivity index (χ4v) is 5.81. The number of benzene rings is 2. The van der Waals surface area contributed by atoms with Gasteiger partial charge in [0.25, 0.3) is 0 Å². The molecule has 33 heavy (non-hydrogen) atoms. The molecule has 1 saturated heterocycles. The van der Waals surface area contributed by atoms with Crippen LogP contribution in [0.2, 0.25) is 0 Å². The minimum atomic E-state index is -1.05. The van der Waals surface area contributed by atoms with Gasteiger partial charge in [-0.1, -0.05) is 12.1 Å². The van der Waals surface area contributed by atoms with Crippen molar-refractivity contribution in [3.63, 3.8) is 0 Å². The summed E-state index contributed by atoms with van der Waals surface area (Å²) < 4.78 is 21.9. The Labute approximate surface area is 195 Å². The van der Waals surface area contributed by atoms with Crippen LogP contribution in [0.5, 0.6) is 0 Å². The van der Waals surface area contributed by atoms with Crippen molar-refractivity contribution in [2.24, 2.45) is 5.92 Å². The molecule has 1 fully saturated rings. The second-order valence-electron chi connectivity index (χ2n) is 10.4. The van der Waals surface area contributed by atoms with E-state index in [4.69, 9.17) is 9.72 Å². The third-order valence-electron chi connectivity index (χ3n) is 7.34. The Morgan fingerprint density at radius 3 is 2.70 bits per heavy atom. The van der Waals surface area contributed by atoms with Gasteiger partial charge in [-0.15, -0.1) is 0 Å². The Balaban J connectivity index is 1.36. The van der Waals surface area contributed by atoms with Crippen molar-refractivity contribution < 1.29 is 14.2 Å². The molecule has 1 N–H and O–H groups in total. The molecule has 1 aromatic heterocycles. The third kappa shape index (κ3) is 4.32. The lowest BCUT2D eigenvalue weighted by Gasteiger charge is -2.40. The van der Waals surface area contributed by atoms with Crippen LogP contribution in [-0.4, -0.2) is 52.4 Å². The molecule has 0 amide bonds. The minimum absolute atomic E-state index is 0.000208. The number of aromatic nitrogens is 2. The van der Waals surface area contributed by atoms with Crippen LogP contribution < -0.4 is 0 Å². The van der Waals surface area contributed by atoms with Gasteiger partial charge in [-0.3, -0.25) is 0 Å². The molecule has 5 rings (SSSR count). The maximum atomic E-state index is 13.6. The van der Waals surface area contributed by atoms with Gasteiger partial charge in [-0.05, 0) is 86.9 Å². The Morgan fingerprint density at radius 1 is 1.15 bits per heavy atom. The second-order valence-corrected chi connectivity index (χ2v) is 10.4. The topological polar surface area (TPSA) is 50.5 Å². The number of aryl methyl sites for hydroxylation is 1. The molecule has 1 aliphatic carbocycles. The van der Waals surface area contributed by atoms with Crippen molar-refractivity contribution in [3.8, 4) is 0 Å². The number of aliphatic hydroxyl groups is 1. The number of ether oxygens (including phenoxy) is 1. The summed E-state index contributed by atoms with van der Waals surface area (Å²) in [6.07, 6.45) is 2.88. The van der Waals surface area contributed by atoms with Gasteiger partial charge in [0.05, 0.1) is 23.2 Å². The summed E-state index contributed by atoms with van der Waals surface area (Å²) in [5.41, 5.74) is 4.52. The van der Waals surface area contributed by atoms with E-state index in [1.807, 2.05) is 6.07 Å². The number of fused-ring (bicyclic) bond motifs is 2. The number of nitrogens with zero attached hydrogens (tertiary/aromatic N) is 3. The highest BCUT2D eigenvalue weighted by Crippen LogP contribution is 2.35. The molecule has 3 atom stereocenters. The van der Waals surface area contributed by atoms with Gasteiger partial charge in [0.15, 0.2) is 0 Å². The highest BCUT2D eigenvalue weighted by molar-refractivity contribution is 5.77. The average molecular weight is 452 g/mol. The maximum absolute atomic E-state index is 13.6. The van der Waals surface area contributed by atoms with Crippen LogP contribution in [0.1, 0.15) is 48.8 Å².